The molecule has 0 radical (unpaired) electrons. The summed E-state index contributed by atoms with van der Waals surface area (Å²) in [6.07, 6.45) is 7.27. The van der Waals surface area contributed by atoms with Crippen molar-refractivity contribution in [2.24, 2.45) is 5.92 Å². The molecule has 5 rings (SSSR count). The Labute approximate surface area is 115 Å². The van der Waals surface area contributed by atoms with Crippen molar-refractivity contribution >= 4 is 5.91 Å². The Bertz CT molecular complexity index is 385. The fraction of sp³-hybridized carbons (Fsp3) is 0.933. The molecule has 1 spiro atoms. The maximum atomic E-state index is 12.8. The van der Waals surface area contributed by atoms with Crippen LogP contribution in [-0.4, -0.2) is 53.1 Å². The van der Waals surface area contributed by atoms with Gasteiger partial charge in [-0.15, -0.1) is 0 Å². The van der Waals surface area contributed by atoms with Crippen molar-refractivity contribution in [3.05, 3.63) is 0 Å². The first-order chi connectivity index (χ1) is 9.23. The molecule has 1 saturated carbocycles. The molecule has 19 heavy (non-hydrogen) atoms. The Balaban J connectivity index is 1.59. The van der Waals surface area contributed by atoms with Gasteiger partial charge in [-0.2, -0.15) is 0 Å². The van der Waals surface area contributed by atoms with Crippen LogP contribution in [0.3, 0.4) is 0 Å². The van der Waals surface area contributed by atoms with Crippen molar-refractivity contribution in [1.82, 2.24) is 15.1 Å². The zero-order valence-electron chi connectivity index (χ0n) is 11.9. The zero-order valence-corrected chi connectivity index (χ0v) is 11.9. The molecule has 4 saturated heterocycles. The van der Waals surface area contributed by atoms with E-state index in [9.17, 15) is 4.79 Å². The van der Waals surface area contributed by atoms with E-state index in [1.165, 1.54) is 25.9 Å². The Morgan fingerprint density at radius 3 is 2.58 bits per heavy atom. The zero-order chi connectivity index (χ0) is 13.0. The van der Waals surface area contributed by atoms with Crippen LogP contribution in [0.5, 0.6) is 0 Å². The van der Waals surface area contributed by atoms with Crippen LogP contribution in [0.25, 0.3) is 0 Å². The molecule has 2 bridgehead atoms. The quantitative estimate of drug-likeness (QED) is 0.830. The lowest BCUT2D eigenvalue weighted by Crippen LogP contribution is -2.60. The maximum Gasteiger partial charge on any atom is 0.244 e. The second-order valence-corrected chi connectivity index (χ2v) is 6.95. The van der Waals surface area contributed by atoms with Crippen LogP contribution in [0, 0.1) is 5.92 Å². The molecule has 106 valence electrons. The Kier molecular flexibility index (Phi) is 2.68. The highest BCUT2D eigenvalue weighted by atomic mass is 16.2. The van der Waals surface area contributed by atoms with Crippen LogP contribution in [0.4, 0.5) is 0 Å². The van der Waals surface area contributed by atoms with Crippen molar-refractivity contribution in [2.45, 2.75) is 63.2 Å². The monoisotopic (exact) mass is 263 g/mol. The number of piperidine rings is 3. The average molecular weight is 263 g/mol. The van der Waals surface area contributed by atoms with E-state index in [1.54, 1.807) is 0 Å². The average Bonchev–Trinajstić information content (AvgIpc) is 3.16. The summed E-state index contributed by atoms with van der Waals surface area (Å²) >= 11 is 0. The van der Waals surface area contributed by atoms with E-state index < -0.39 is 0 Å². The number of nitrogens with one attached hydrogen (secondary N) is 1. The summed E-state index contributed by atoms with van der Waals surface area (Å²) in [5.74, 6) is 1.17. The third-order valence-electron chi connectivity index (χ3n) is 5.71. The number of hydrogen-bond acceptors (Lipinski definition) is 3. The molecule has 0 aromatic rings. The Hall–Kier alpha value is -0.610. The van der Waals surface area contributed by atoms with E-state index in [0.29, 0.717) is 18.1 Å². The molecule has 1 amide bonds. The summed E-state index contributed by atoms with van der Waals surface area (Å²) in [6.45, 7) is 5.84. The first-order valence-electron chi connectivity index (χ1n) is 8.06. The molecule has 4 aliphatic heterocycles. The highest BCUT2D eigenvalue weighted by Crippen LogP contribution is 2.45. The second kappa shape index (κ2) is 4.19. The lowest BCUT2D eigenvalue weighted by Gasteiger charge is -2.49. The van der Waals surface area contributed by atoms with Gasteiger partial charge in [0.15, 0.2) is 0 Å². The minimum Gasteiger partial charge on any atom is -0.321 e. The maximum absolute atomic E-state index is 12.8. The topological polar surface area (TPSA) is 35.6 Å². The highest BCUT2D eigenvalue weighted by molar-refractivity contribution is 5.92. The molecule has 2 unspecified atom stereocenters. The molecular formula is C15H25N3O. The lowest BCUT2D eigenvalue weighted by atomic mass is 9.83. The normalized spacial score (nSPS) is 43.2. The van der Waals surface area contributed by atoms with Crippen LogP contribution in [-0.2, 0) is 4.79 Å². The number of fused-ring (bicyclic) bond motifs is 3. The Morgan fingerprint density at radius 1 is 1.32 bits per heavy atom. The fourth-order valence-corrected chi connectivity index (χ4v) is 4.44. The standard InChI is InChI=1S/C15H25N3O/c1-2-3-13-16-15(6-7-15)14(19)18(13)12-10-17-8-4-11(12)5-9-17/h11-13,16H,2-10H2,1H3. The van der Waals surface area contributed by atoms with Crippen molar-refractivity contribution in [2.75, 3.05) is 19.6 Å². The van der Waals surface area contributed by atoms with Crippen LogP contribution < -0.4 is 5.32 Å². The van der Waals surface area contributed by atoms with Crippen molar-refractivity contribution in [1.29, 1.82) is 0 Å². The Morgan fingerprint density at radius 2 is 2.05 bits per heavy atom. The molecule has 4 nitrogen and oxygen atoms in total. The van der Waals surface area contributed by atoms with Gasteiger partial charge in [-0.1, -0.05) is 13.3 Å². The second-order valence-electron chi connectivity index (χ2n) is 6.95. The number of rotatable bonds is 3. The summed E-state index contributed by atoms with van der Waals surface area (Å²) < 4.78 is 0. The van der Waals surface area contributed by atoms with Crippen LogP contribution >= 0.6 is 0 Å². The van der Waals surface area contributed by atoms with E-state index in [4.69, 9.17) is 0 Å². The predicted molar refractivity (Wildman–Crippen MR) is 73.6 cm³/mol. The highest BCUT2D eigenvalue weighted by Gasteiger charge is 2.61. The van der Waals surface area contributed by atoms with Gasteiger partial charge in [0, 0.05) is 12.6 Å². The van der Waals surface area contributed by atoms with Gasteiger partial charge in [0.05, 0.1) is 11.7 Å². The molecule has 2 atom stereocenters. The van der Waals surface area contributed by atoms with E-state index >= 15 is 0 Å². The largest absolute Gasteiger partial charge is 0.321 e. The first-order valence-corrected chi connectivity index (χ1v) is 8.06. The molecule has 5 fully saturated rings. The molecular weight excluding hydrogens is 238 g/mol. The third-order valence-corrected chi connectivity index (χ3v) is 5.71. The minimum atomic E-state index is -0.133. The summed E-state index contributed by atoms with van der Waals surface area (Å²) in [6, 6.07) is 0.485. The third kappa shape index (κ3) is 1.76. The number of carbonyl (C=O) groups is 1. The minimum absolute atomic E-state index is 0.133. The van der Waals surface area contributed by atoms with Crippen molar-refractivity contribution in [3.63, 3.8) is 0 Å². The lowest BCUT2D eigenvalue weighted by molar-refractivity contribution is -0.137. The molecule has 1 aliphatic carbocycles. The summed E-state index contributed by atoms with van der Waals surface area (Å²) in [5, 5.41) is 3.66. The number of nitrogens with zero attached hydrogens (tertiary/aromatic N) is 2. The SMILES string of the molecule is CCCC1NC2(CC2)C(=O)N1C1CN2CCC1CC2. The van der Waals surface area contributed by atoms with Gasteiger partial charge in [-0.3, -0.25) is 10.1 Å². The van der Waals surface area contributed by atoms with Gasteiger partial charge in [0.1, 0.15) is 0 Å². The van der Waals surface area contributed by atoms with Crippen LogP contribution in [0.15, 0.2) is 0 Å². The van der Waals surface area contributed by atoms with Crippen molar-refractivity contribution in [3.8, 4) is 0 Å². The number of carbonyl (C=O) groups excluding carboxylic acids is 1. The molecule has 4 heterocycles. The summed E-state index contributed by atoms with van der Waals surface area (Å²) in [5.41, 5.74) is -0.133. The smallest absolute Gasteiger partial charge is 0.244 e. The molecule has 4 heteroatoms. The fourth-order valence-electron chi connectivity index (χ4n) is 4.44. The van der Waals surface area contributed by atoms with E-state index in [2.05, 4.69) is 22.0 Å². The first kappa shape index (κ1) is 12.2. The molecule has 5 aliphatic rings. The summed E-state index contributed by atoms with van der Waals surface area (Å²) in [4.78, 5) is 17.6. The predicted octanol–water partition coefficient (Wildman–Crippen LogP) is 1.17. The van der Waals surface area contributed by atoms with E-state index in [0.717, 1.165) is 38.1 Å². The number of hydrogen-bond donors (Lipinski definition) is 1. The van der Waals surface area contributed by atoms with Crippen LogP contribution in [0.2, 0.25) is 0 Å². The number of amides is 1. The van der Waals surface area contributed by atoms with Gasteiger partial charge in [0.25, 0.3) is 0 Å². The van der Waals surface area contributed by atoms with Crippen LogP contribution in [0.1, 0.15) is 45.4 Å². The summed E-state index contributed by atoms with van der Waals surface area (Å²) in [7, 11) is 0. The van der Waals surface area contributed by atoms with E-state index in [1.807, 2.05) is 0 Å². The van der Waals surface area contributed by atoms with Gasteiger partial charge >= 0.3 is 0 Å². The molecule has 0 aromatic carbocycles. The van der Waals surface area contributed by atoms with Gasteiger partial charge in [-0.05, 0) is 51.1 Å². The van der Waals surface area contributed by atoms with Crippen molar-refractivity contribution < 1.29 is 4.79 Å². The molecule has 0 aromatic heterocycles. The van der Waals surface area contributed by atoms with E-state index in [-0.39, 0.29) is 5.54 Å². The van der Waals surface area contributed by atoms with Gasteiger partial charge in [-0.25, -0.2) is 0 Å². The van der Waals surface area contributed by atoms with Gasteiger partial charge in [0.2, 0.25) is 5.91 Å². The molecule has 1 N–H and O–H groups in total. The van der Waals surface area contributed by atoms with Gasteiger partial charge < -0.3 is 9.80 Å².